The fraction of sp³-hybridized carbons (Fsp3) is 0.133. The van der Waals surface area contributed by atoms with E-state index in [2.05, 4.69) is 5.32 Å². The Hall–Kier alpha value is -2.29. The van der Waals surface area contributed by atoms with Gasteiger partial charge in [0, 0.05) is 36.7 Å². The first-order valence-electron chi connectivity index (χ1n) is 5.79. The fourth-order valence-electron chi connectivity index (χ4n) is 1.71. The average Bonchev–Trinajstić information content (AvgIpc) is 2.40. The van der Waals surface area contributed by atoms with Gasteiger partial charge in [0.15, 0.2) is 6.29 Å². The summed E-state index contributed by atoms with van der Waals surface area (Å²) in [5, 5.41) is 3.24. The van der Waals surface area contributed by atoms with Crippen LogP contribution in [0.5, 0.6) is 0 Å². The van der Waals surface area contributed by atoms with Crippen LogP contribution in [0.25, 0.3) is 0 Å². The first kappa shape index (κ1) is 12.2. The van der Waals surface area contributed by atoms with Crippen molar-refractivity contribution in [3.05, 3.63) is 54.1 Å². The van der Waals surface area contributed by atoms with Crippen molar-refractivity contribution in [3.8, 4) is 0 Å². The Morgan fingerprint density at radius 2 is 1.67 bits per heavy atom. The number of aldehydes is 1. The van der Waals surface area contributed by atoms with Gasteiger partial charge >= 0.3 is 0 Å². The van der Waals surface area contributed by atoms with Crippen molar-refractivity contribution in [2.45, 2.75) is 0 Å². The molecule has 0 aliphatic heterocycles. The van der Waals surface area contributed by atoms with Gasteiger partial charge in [0.05, 0.1) is 0 Å². The zero-order valence-electron chi connectivity index (χ0n) is 10.6. The minimum Gasteiger partial charge on any atom is -0.378 e. The molecule has 3 nitrogen and oxygen atoms in total. The molecule has 2 aromatic carbocycles. The summed E-state index contributed by atoms with van der Waals surface area (Å²) >= 11 is 0. The van der Waals surface area contributed by atoms with E-state index in [-0.39, 0.29) is 0 Å². The first-order chi connectivity index (χ1) is 8.70. The Balaban J connectivity index is 2.21. The summed E-state index contributed by atoms with van der Waals surface area (Å²) in [7, 11) is 4.01. The molecule has 0 aliphatic carbocycles. The molecule has 2 rings (SSSR count). The van der Waals surface area contributed by atoms with Crippen LogP contribution >= 0.6 is 0 Å². The number of nitrogens with one attached hydrogen (secondary N) is 1. The molecule has 0 bridgehead atoms. The fourth-order valence-corrected chi connectivity index (χ4v) is 1.71. The molecule has 0 radical (unpaired) electrons. The van der Waals surface area contributed by atoms with Crippen molar-refractivity contribution in [1.29, 1.82) is 0 Å². The Morgan fingerprint density at radius 1 is 1.00 bits per heavy atom. The number of carbonyl (C=O) groups excluding carboxylic acids is 1. The lowest BCUT2D eigenvalue weighted by Crippen LogP contribution is -2.08. The van der Waals surface area contributed by atoms with Gasteiger partial charge in [-0.1, -0.05) is 12.1 Å². The Kier molecular flexibility index (Phi) is 3.63. The molecule has 0 saturated carbocycles. The van der Waals surface area contributed by atoms with E-state index in [4.69, 9.17) is 0 Å². The molecule has 0 aromatic heterocycles. The topological polar surface area (TPSA) is 32.3 Å². The summed E-state index contributed by atoms with van der Waals surface area (Å²) in [5.41, 5.74) is 3.60. The van der Waals surface area contributed by atoms with Crippen LogP contribution in [0.1, 0.15) is 10.4 Å². The quantitative estimate of drug-likeness (QED) is 0.832. The van der Waals surface area contributed by atoms with E-state index in [1.54, 1.807) is 6.07 Å². The summed E-state index contributed by atoms with van der Waals surface area (Å²) in [5.74, 6) is 0. The van der Waals surface area contributed by atoms with Crippen LogP contribution in [-0.2, 0) is 0 Å². The molecule has 0 fully saturated rings. The Labute approximate surface area is 107 Å². The molecule has 3 heteroatoms. The summed E-state index contributed by atoms with van der Waals surface area (Å²) in [6, 6.07) is 15.5. The maximum absolute atomic E-state index is 10.9. The number of carbonyl (C=O) groups is 1. The molecule has 0 unspecified atom stereocenters. The molecular formula is C15H16N2O. The maximum Gasteiger partial charge on any atom is 0.152 e. The van der Waals surface area contributed by atoms with Gasteiger partial charge in [-0.05, 0) is 36.4 Å². The summed E-state index contributed by atoms with van der Waals surface area (Å²) in [4.78, 5) is 13.0. The van der Waals surface area contributed by atoms with E-state index < -0.39 is 0 Å². The zero-order valence-corrected chi connectivity index (χ0v) is 10.6. The lowest BCUT2D eigenvalue weighted by Gasteiger charge is -2.14. The number of anilines is 3. The average molecular weight is 240 g/mol. The van der Waals surface area contributed by atoms with Crippen molar-refractivity contribution >= 4 is 23.3 Å². The second-order valence-corrected chi connectivity index (χ2v) is 4.27. The third-order valence-electron chi connectivity index (χ3n) is 2.75. The molecule has 0 amide bonds. The number of rotatable bonds is 4. The van der Waals surface area contributed by atoms with E-state index in [1.165, 1.54) is 0 Å². The number of para-hydroxylation sites is 1. The molecule has 92 valence electrons. The van der Waals surface area contributed by atoms with Crippen LogP contribution < -0.4 is 10.2 Å². The van der Waals surface area contributed by atoms with E-state index in [0.717, 1.165) is 23.3 Å². The predicted octanol–water partition coefficient (Wildman–Crippen LogP) is 3.31. The number of benzene rings is 2. The third kappa shape index (κ3) is 2.69. The van der Waals surface area contributed by atoms with Crippen molar-refractivity contribution in [3.63, 3.8) is 0 Å². The molecule has 2 aromatic rings. The molecule has 1 N–H and O–H groups in total. The molecule has 0 spiro atoms. The standard InChI is InChI=1S/C15H16N2O/c1-17(2)14-9-7-13(8-10-14)16-15-6-4-3-5-12(15)11-18/h3-11,16H,1-2H3. The third-order valence-corrected chi connectivity index (χ3v) is 2.75. The van der Waals surface area contributed by atoms with Gasteiger partial charge in [-0.25, -0.2) is 0 Å². The lowest BCUT2D eigenvalue weighted by atomic mass is 10.2. The second kappa shape index (κ2) is 5.36. The van der Waals surface area contributed by atoms with Gasteiger partial charge in [0.25, 0.3) is 0 Å². The lowest BCUT2D eigenvalue weighted by molar-refractivity contribution is 0.112. The smallest absolute Gasteiger partial charge is 0.152 e. The van der Waals surface area contributed by atoms with Crippen molar-refractivity contribution < 1.29 is 4.79 Å². The van der Waals surface area contributed by atoms with E-state index in [9.17, 15) is 4.79 Å². The van der Waals surface area contributed by atoms with Crippen LogP contribution in [0.3, 0.4) is 0 Å². The normalized spacial score (nSPS) is 9.89. The maximum atomic E-state index is 10.9. The van der Waals surface area contributed by atoms with Crippen LogP contribution in [0.15, 0.2) is 48.5 Å². The van der Waals surface area contributed by atoms with E-state index >= 15 is 0 Å². The highest BCUT2D eigenvalue weighted by Crippen LogP contribution is 2.21. The molecule has 0 saturated heterocycles. The summed E-state index contributed by atoms with van der Waals surface area (Å²) in [6.07, 6.45) is 0.858. The second-order valence-electron chi connectivity index (χ2n) is 4.27. The molecule has 0 aliphatic rings. The van der Waals surface area contributed by atoms with Gasteiger partial charge in [-0.15, -0.1) is 0 Å². The van der Waals surface area contributed by atoms with Gasteiger partial charge in [0.2, 0.25) is 0 Å². The molecule has 0 heterocycles. The van der Waals surface area contributed by atoms with Gasteiger partial charge in [-0.2, -0.15) is 0 Å². The van der Waals surface area contributed by atoms with Crippen LogP contribution in [0.2, 0.25) is 0 Å². The molecule has 0 atom stereocenters. The summed E-state index contributed by atoms with van der Waals surface area (Å²) in [6.45, 7) is 0. The van der Waals surface area contributed by atoms with Crippen molar-refractivity contribution in [1.82, 2.24) is 0 Å². The van der Waals surface area contributed by atoms with Gasteiger partial charge in [0.1, 0.15) is 0 Å². The van der Waals surface area contributed by atoms with Gasteiger partial charge in [-0.3, -0.25) is 4.79 Å². The number of hydrogen-bond acceptors (Lipinski definition) is 3. The van der Waals surface area contributed by atoms with Crippen molar-refractivity contribution in [2.24, 2.45) is 0 Å². The minimum absolute atomic E-state index is 0.661. The van der Waals surface area contributed by atoms with Crippen molar-refractivity contribution in [2.75, 3.05) is 24.3 Å². The highest BCUT2D eigenvalue weighted by molar-refractivity contribution is 5.85. The molecule has 18 heavy (non-hydrogen) atoms. The van der Waals surface area contributed by atoms with E-state index in [0.29, 0.717) is 5.56 Å². The number of hydrogen-bond donors (Lipinski definition) is 1. The van der Waals surface area contributed by atoms with Gasteiger partial charge < -0.3 is 10.2 Å². The number of nitrogens with zero attached hydrogens (tertiary/aromatic N) is 1. The molecular weight excluding hydrogens is 224 g/mol. The monoisotopic (exact) mass is 240 g/mol. The first-order valence-corrected chi connectivity index (χ1v) is 5.79. The zero-order chi connectivity index (χ0) is 13.0. The predicted molar refractivity (Wildman–Crippen MR) is 75.9 cm³/mol. The highest BCUT2D eigenvalue weighted by atomic mass is 16.1. The van der Waals surface area contributed by atoms with Crippen LogP contribution in [0.4, 0.5) is 17.1 Å². The largest absolute Gasteiger partial charge is 0.378 e. The SMILES string of the molecule is CN(C)c1ccc(Nc2ccccc2C=O)cc1. The van der Waals surface area contributed by atoms with Crippen LogP contribution in [-0.4, -0.2) is 20.4 Å². The minimum atomic E-state index is 0.661. The van der Waals surface area contributed by atoms with E-state index in [1.807, 2.05) is 61.5 Å². The highest BCUT2D eigenvalue weighted by Gasteiger charge is 2.01. The van der Waals surface area contributed by atoms with Crippen LogP contribution in [0, 0.1) is 0 Å². The summed E-state index contributed by atoms with van der Waals surface area (Å²) < 4.78 is 0. The Morgan fingerprint density at radius 3 is 2.28 bits per heavy atom. The Bertz CT molecular complexity index is 532.